The molecule has 0 amide bonds. The lowest BCUT2D eigenvalue weighted by atomic mass is 9.84. The van der Waals surface area contributed by atoms with E-state index in [-0.39, 0.29) is 51.5 Å². The quantitative estimate of drug-likeness (QED) is 0.255. The number of Topliss-reactive ketones (excluding diaryl/α,β-unsaturated/α-hetero) is 1. The summed E-state index contributed by atoms with van der Waals surface area (Å²) in [6.45, 7) is 17.2. The zero-order chi connectivity index (χ0) is 33.3. The number of rotatable bonds is 7. The highest BCUT2D eigenvalue weighted by Crippen LogP contribution is 2.39. The van der Waals surface area contributed by atoms with E-state index in [1.54, 1.807) is 6.92 Å². The van der Waals surface area contributed by atoms with Crippen LogP contribution >= 0.6 is 12.4 Å². The first-order valence-electron chi connectivity index (χ1n) is 15.8. The van der Waals surface area contributed by atoms with Crippen LogP contribution in [0.3, 0.4) is 0 Å². The van der Waals surface area contributed by atoms with Crippen molar-refractivity contribution in [1.82, 2.24) is 10.2 Å². The Morgan fingerprint density at radius 1 is 0.875 bits per heavy atom. The van der Waals surface area contributed by atoms with E-state index in [1.807, 2.05) is 13.7 Å². The summed E-state index contributed by atoms with van der Waals surface area (Å²) in [5.74, 6) is -0.764. The lowest BCUT2D eigenvalue weighted by Crippen LogP contribution is -2.42. The summed E-state index contributed by atoms with van der Waals surface area (Å²) in [4.78, 5) is 45.8. The number of esters is 2. The first-order valence-corrected chi connectivity index (χ1v) is 15.8. The molecule has 0 spiro atoms. The molecule has 2 atom stereocenters. The van der Waals surface area contributed by atoms with Gasteiger partial charge in [-0.25, -0.2) is 4.79 Å². The molecule has 10 heteroatoms. The standard InChI is InChI=1S/C18H24N2O2.C17H23NO3.CH2O.2CH4.ClH/c1-4-22-18(21)15-10-20-6-5-13-7-11(2)12(3)8-14(13)17(20)9-16(15)19;1-4-21-17(20)10-14(19)9-16-15-8-12(3)11(2)7-13(15)5-6-18-16;1-2;;;/h7-8,17H,4-6,9-10,19H2,1-3H3;7-8,16,18H,4-6,9-10H2,1-3H3;1H2;2*1H4;1H. The Balaban J connectivity index is 0.000000827. The number of benzene rings is 2. The van der Waals surface area contributed by atoms with Gasteiger partial charge in [-0.1, -0.05) is 39.1 Å². The lowest BCUT2D eigenvalue weighted by Gasteiger charge is -2.41. The van der Waals surface area contributed by atoms with Crippen LogP contribution in [0.15, 0.2) is 35.5 Å². The Labute approximate surface area is 294 Å². The summed E-state index contributed by atoms with van der Waals surface area (Å²) < 4.78 is 9.96. The lowest BCUT2D eigenvalue weighted by molar-refractivity contribution is -0.145. The molecule has 0 fully saturated rings. The van der Waals surface area contributed by atoms with Crippen LogP contribution in [-0.2, 0) is 41.5 Å². The van der Waals surface area contributed by atoms with E-state index in [4.69, 9.17) is 20.0 Å². The SMILES string of the molecule is C.C.C=O.CCOC(=O)C1=C(N)CC2c3cc(C)c(C)cc3CCN2C1.CCOC(=O)CC(=O)CC1NCCc2cc(C)c(C)cc21.Cl. The Morgan fingerprint density at radius 3 is 2.00 bits per heavy atom. The molecule has 3 heterocycles. The van der Waals surface area contributed by atoms with E-state index in [0.29, 0.717) is 49.9 Å². The molecule has 48 heavy (non-hydrogen) atoms. The second-order valence-corrected chi connectivity index (χ2v) is 11.9. The summed E-state index contributed by atoms with van der Waals surface area (Å²) in [7, 11) is 0. The van der Waals surface area contributed by atoms with Gasteiger partial charge in [0.25, 0.3) is 0 Å². The largest absolute Gasteiger partial charge is 0.466 e. The van der Waals surface area contributed by atoms with Crippen molar-refractivity contribution in [2.45, 2.75) is 101 Å². The molecule has 2 unspecified atom stereocenters. The van der Waals surface area contributed by atoms with Crippen molar-refractivity contribution in [3.63, 3.8) is 0 Å². The third-order valence-corrected chi connectivity index (χ3v) is 8.90. The molecule has 2 aromatic rings. The van der Waals surface area contributed by atoms with E-state index in [0.717, 1.165) is 25.9 Å². The van der Waals surface area contributed by atoms with E-state index in [2.05, 4.69) is 62.2 Å². The van der Waals surface area contributed by atoms with Gasteiger partial charge in [0.2, 0.25) is 0 Å². The highest BCUT2D eigenvalue weighted by atomic mass is 35.5. The summed E-state index contributed by atoms with van der Waals surface area (Å²) in [6.07, 6.45) is 2.94. The number of nitrogens with zero attached hydrogens (tertiary/aromatic N) is 1. The van der Waals surface area contributed by atoms with Crippen LogP contribution in [0.4, 0.5) is 0 Å². The number of aryl methyl sites for hydroxylation is 4. The molecule has 9 nitrogen and oxygen atoms in total. The van der Waals surface area contributed by atoms with Crippen molar-refractivity contribution >= 4 is 36.9 Å². The van der Waals surface area contributed by atoms with Crippen molar-refractivity contribution in [2.75, 3.05) is 32.8 Å². The summed E-state index contributed by atoms with van der Waals surface area (Å²) >= 11 is 0. The van der Waals surface area contributed by atoms with Gasteiger partial charge in [0.1, 0.15) is 19.0 Å². The monoisotopic (exact) mass is 687 g/mol. The fourth-order valence-electron chi connectivity index (χ4n) is 6.31. The number of nitrogens with one attached hydrogen (secondary N) is 1. The van der Waals surface area contributed by atoms with Crippen molar-refractivity contribution in [1.29, 1.82) is 0 Å². The number of carbonyl (C=O) groups is 4. The van der Waals surface area contributed by atoms with Crippen molar-refractivity contribution in [3.8, 4) is 0 Å². The van der Waals surface area contributed by atoms with E-state index < -0.39 is 5.97 Å². The minimum atomic E-state index is -0.432. The second-order valence-electron chi connectivity index (χ2n) is 11.9. The van der Waals surface area contributed by atoms with E-state index >= 15 is 0 Å². The maximum atomic E-state index is 12.0. The highest BCUT2D eigenvalue weighted by Gasteiger charge is 2.35. The average Bonchev–Trinajstić information content (AvgIpc) is 3.00. The summed E-state index contributed by atoms with van der Waals surface area (Å²) in [6, 6.07) is 9.29. The molecular weight excluding hydrogens is 630 g/mol. The van der Waals surface area contributed by atoms with Crippen LogP contribution in [0.2, 0.25) is 0 Å². The Kier molecular flexibility index (Phi) is 19.2. The van der Waals surface area contributed by atoms with E-state index in [1.165, 1.54) is 44.5 Å². The summed E-state index contributed by atoms with van der Waals surface area (Å²) in [5.41, 5.74) is 18.0. The molecule has 5 rings (SSSR count). The third-order valence-electron chi connectivity index (χ3n) is 8.90. The van der Waals surface area contributed by atoms with Crippen LogP contribution < -0.4 is 11.1 Å². The van der Waals surface area contributed by atoms with Crippen molar-refractivity contribution in [3.05, 3.63) is 80.0 Å². The van der Waals surface area contributed by atoms with Gasteiger partial charge >= 0.3 is 11.9 Å². The zero-order valence-corrected chi connectivity index (χ0v) is 28.9. The number of nitrogens with two attached hydrogens (primary N) is 1. The maximum absolute atomic E-state index is 12.0. The van der Waals surface area contributed by atoms with Gasteiger partial charge in [0.05, 0.1) is 18.8 Å². The maximum Gasteiger partial charge on any atom is 0.337 e. The number of hydrogen-bond acceptors (Lipinski definition) is 9. The minimum Gasteiger partial charge on any atom is -0.466 e. The van der Waals surface area contributed by atoms with Crippen LogP contribution in [0.5, 0.6) is 0 Å². The normalized spacial score (nSPS) is 17.4. The molecule has 0 saturated carbocycles. The van der Waals surface area contributed by atoms with Gasteiger partial charge in [-0.15, -0.1) is 12.4 Å². The van der Waals surface area contributed by atoms with Gasteiger partial charge in [-0.3, -0.25) is 14.5 Å². The average molecular weight is 688 g/mol. The molecule has 0 aliphatic carbocycles. The number of fused-ring (bicyclic) bond motifs is 4. The fourth-order valence-corrected chi connectivity index (χ4v) is 6.31. The number of hydrogen-bond donors (Lipinski definition) is 2. The first-order chi connectivity index (χ1) is 21.5. The number of halogens is 1. The van der Waals surface area contributed by atoms with Gasteiger partial charge in [-0.05, 0) is 105 Å². The number of ketones is 1. The van der Waals surface area contributed by atoms with Gasteiger partial charge in [-0.2, -0.15) is 0 Å². The third kappa shape index (κ3) is 11.0. The molecule has 3 aliphatic heterocycles. The number of ether oxygens (including phenoxy) is 2. The Bertz CT molecular complexity index is 1440. The zero-order valence-electron chi connectivity index (χ0n) is 28.1. The molecule has 0 saturated heterocycles. The van der Waals surface area contributed by atoms with Crippen LogP contribution in [0, 0.1) is 27.7 Å². The van der Waals surface area contributed by atoms with Gasteiger partial charge in [0.15, 0.2) is 0 Å². The second kappa shape index (κ2) is 20.8. The molecule has 0 aromatic heterocycles. The molecule has 3 aliphatic rings. The van der Waals surface area contributed by atoms with Crippen LogP contribution in [0.25, 0.3) is 0 Å². The fraction of sp³-hybridized carbons (Fsp3) is 0.526. The molecule has 268 valence electrons. The summed E-state index contributed by atoms with van der Waals surface area (Å²) in [5, 5.41) is 3.39. The van der Waals surface area contributed by atoms with Crippen LogP contribution in [-0.4, -0.2) is 62.3 Å². The van der Waals surface area contributed by atoms with Crippen LogP contribution in [0.1, 0.15) is 105 Å². The van der Waals surface area contributed by atoms with Crippen molar-refractivity contribution < 1.29 is 28.7 Å². The Morgan fingerprint density at radius 2 is 1.42 bits per heavy atom. The minimum absolute atomic E-state index is 0. The molecular formula is C38H58ClN3O6. The Hall–Kier alpha value is -3.53. The predicted molar refractivity (Wildman–Crippen MR) is 195 cm³/mol. The van der Waals surface area contributed by atoms with Gasteiger partial charge in [0, 0.05) is 43.7 Å². The topological polar surface area (TPSA) is 128 Å². The smallest absolute Gasteiger partial charge is 0.337 e. The van der Waals surface area contributed by atoms with E-state index in [9.17, 15) is 14.4 Å². The molecule has 2 aromatic carbocycles. The highest BCUT2D eigenvalue weighted by molar-refractivity contribution is 5.95. The van der Waals surface area contributed by atoms with Crippen molar-refractivity contribution in [2.24, 2.45) is 5.73 Å². The predicted octanol–water partition coefficient (Wildman–Crippen LogP) is 6.29. The molecule has 3 N–H and O–H groups in total. The first kappa shape index (κ1) is 44.5. The molecule has 0 bridgehead atoms. The van der Waals surface area contributed by atoms with Gasteiger partial charge < -0.3 is 25.3 Å². The number of carbonyl (C=O) groups excluding carboxylic acids is 4. The molecule has 0 radical (unpaired) electrons.